The Kier molecular flexibility index (Phi) is 6.62. The van der Waals surface area contributed by atoms with Crippen molar-refractivity contribution < 1.29 is 14.6 Å². The number of benzene rings is 3. The Balaban J connectivity index is 1.46. The molecule has 0 aromatic heterocycles. The van der Waals surface area contributed by atoms with Crippen molar-refractivity contribution in [2.24, 2.45) is 0 Å². The summed E-state index contributed by atoms with van der Waals surface area (Å²) in [5.41, 5.74) is 3.19. The van der Waals surface area contributed by atoms with Crippen LogP contribution in [0.1, 0.15) is 22.1 Å². The van der Waals surface area contributed by atoms with Crippen LogP contribution in [0.3, 0.4) is 0 Å². The molecule has 3 aromatic carbocycles. The lowest BCUT2D eigenvalue weighted by Gasteiger charge is -2.27. The SMILES string of the molecule is O=C(O)C1CSC(c2cccc(Cl)c2)N1Cc1ccc(OCc2ccccc2)cc1. The minimum absolute atomic E-state index is 0.0428. The Hall–Kier alpha value is -2.47. The van der Waals surface area contributed by atoms with Gasteiger partial charge >= 0.3 is 5.97 Å². The molecule has 1 N–H and O–H groups in total. The van der Waals surface area contributed by atoms with Crippen LogP contribution >= 0.6 is 23.4 Å². The number of rotatable bonds is 7. The molecule has 4 nitrogen and oxygen atoms in total. The van der Waals surface area contributed by atoms with Gasteiger partial charge in [0.15, 0.2) is 0 Å². The van der Waals surface area contributed by atoms with Crippen LogP contribution < -0.4 is 4.74 Å². The molecule has 0 saturated carbocycles. The van der Waals surface area contributed by atoms with Crippen molar-refractivity contribution in [1.82, 2.24) is 4.90 Å². The predicted octanol–water partition coefficient (Wildman–Crippen LogP) is 5.62. The van der Waals surface area contributed by atoms with Crippen LogP contribution in [-0.4, -0.2) is 27.8 Å². The number of hydrogen-bond donors (Lipinski definition) is 1. The van der Waals surface area contributed by atoms with Gasteiger partial charge in [0.2, 0.25) is 0 Å². The van der Waals surface area contributed by atoms with Crippen molar-refractivity contribution >= 4 is 29.3 Å². The van der Waals surface area contributed by atoms with Gasteiger partial charge in [0.05, 0.1) is 5.37 Å². The number of ether oxygens (including phenoxy) is 1. The molecule has 2 atom stereocenters. The van der Waals surface area contributed by atoms with E-state index in [1.807, 2.05) is 83.8 Å². The summed E-state index contributed by atoms with van der Waals surface area (Å²) in [4.78, 5) is 13.8. The molecule has 0 bridgehead atoms. The lowest BCUT2D eigenvalue weighted by atomic mass is 10.1. The van der Waals surface area contributed by atoms with Crippen LogP contribution in [0.5, 0.6) is 5.75 Å². The Morgan fingerprint density at radius 3 is 2.50 bits per heavy atom. The van der Waals surface area contributed by atoms with Gasteiger partial charge in [-0.05, 0) is 41.0 Å². The highest BCUT2D eigenvalue weighted by Gasteiger charge is 2.39. The van der Waals surface area contributed by atoms with E-state index in [9.17, 15) is 9.90 Å². The average molecular weight is 440 g/mol. The van der Waals surface area contributed by atoms with Crippen molar-refractivity contribution in [3.63, 3.8) is 0 Å². The molecule has 0 amide bonds. The molecule has 6 heteroatoms. The summed E-state index contributed by atoms with van der Waals surface area (Å²) in [5.74, 6) is 0.541. The van der Waals surface area contributed by atoms with Crippen molar-refractivity contribution in [3.05, 3.63) is 101 Å². The topological polar surface area (TPSA) is 49.8 Å². The van der Waals surface area contributed by atoms with E-state index in [0.717, 1.165) is 22.4 Å². The lowest BCUT2D eigenvalue weighted by molar-refractivity contribution is -0.142. The number of carboxylic acid groups (broad SMARTS) is 1. The van der Waals surface area contributed by atoms with Crippen molar-refractivity contribution in [1.29, 1.82) is 0 Å². The zero-order chi connectivity index (χ0) is 20.9. The largest absolute Gasteiger partial charge is 0.489 e. The molecule has 0 aliphatic carbocycles. The normalized spacial score (nSPS) is 19.0. The highest BCUT2D eigenvalue weighted by molar-refractivity contribution is 7.99. The highest BCUT2D eigenvalue weighted by atomic mass is 35.5. The van der Waals surface area contributed by atoms with E-state index < -0.39 is 12.0 Å². The predicted molar refractivity (Wildman–Crippen MR) is 121 cm³/mol. The van der Waals surface area contributed by atoms with E-state index >= 15 is 0 Å². The van der Waals surface area contributed by atoms with Crippen LogP contribution in [0.2, 0.25) is 5.02 Å². The maximum atomic E-state index is 11.8. The maximum Gasteiger partial charge on any atom is 0.321 e. The van der Waals surface area contributed by atoms with Gasteiger partial charge in [-0.15, -0.1) is 11.8 Å². The van der Waals surface area contributed by atoms with Gasteiger partial charge in [-0.1, -0.05) is 66.2 Å². The van der Waals surface area contributed by atoms with Crippen LogP contribution in [0, 0.1) is 0 Å². The first-order valence-corrected chi connectivity index (χ1v) is 11.1. The fourth-order valence-corrected chi connectivity index (χ4v) is 5.18. The third-order valence-electron chi connectivity index (χ3n) is 5.07. The fourth-order valence-electron chi connectivity index (χ4n) is 3.53. The third-order valence-corrected chi connectivity index (χ3v) is 6.67. The number of thioether (sulfide) groups is 1. The minimum Gasteiger partial charge on any atom is -0.489 e. The Bertz CT molecular complexity index is 997. The molecule has 1 aliphatic rings. The molecule has 1 fully saturated rings. The van der Waals surface area contributed by atoms with Crippen molar-refractivity contribution in [2.45, 2.75) is 24.6 Å². The summed E-state index contributed by atoms with van der Waals surface area (Å²) in [6, 6.07) is 25.0. The second-order valence-electron chi connectivity index (χ2n) is 7.19. The van der Waals surface area contributed by atoms with Crippen LogP contribution in [0.25, 0.3) is 0 Å². The van der Waals surface area contributed by atoms with Gasteiger partial charge in [-0.3, -0.25) is 9.69 Å². The molecule has 0 radical (unpaired) electrons. The molecule has 1 saturated heterocycles. The van der Waals surface area contributed by atoms with Gasteiger partial charge in [0.25, 0.3) is 0 Å². The van der Waals surface area contributed by atoms with Crippen LogP contribution in [-0.2, 0) is 17.9 Å². The molecule has 1 heterocycles. The summed E-state index contributed by atoms with van der Waals surface area (Å²) >= 11 is 7.80. The Morgan fingerprint density at radius 2 is 1.80 bits per heavy atom. The van der Waals surface area contributed by atoms with Crippen LogP contribution in [0.15, 0.2) is 78.9 Å². The molecule has 30 heavy (non-hydrogen) atoms. The summed E-state index contributed by atoms with van der Waals surface area (Å²) in [7, 11) is 0. The number of nitrogens with zero attached hydrogens (tertiary/aromatic N) is 1. The lowest BCUT2D eigenvalue weighted by Crippen LogP contribution is -2.38. The van der Waals surface area contributed by atoms with Gasteiger partial charge in [-0.25, -0.2) is 0 Å². The molecule has 2 unspecified atom stereocenters. The quantitative estimate of drug-likeness (QED) is 0.517. The van der Waals surface area contributed by atoms with E-state index in [4.69, 9.17) is 16.3 Å². The third kappa shape index (κ3) is 4.98. The summed E-state index contributed by atoms with van der Waals surface area (Å²) in [6.45, 7) is 1.06. The first kappa shape index (κ1) is 20.8. The van der Waals surface area contributed by atoms with E-state index in [2.05, 4.69) is 0 Å². The van der Waals surface area contributed by atoms with Crippen molar-refractivity contribution in [2.75, 3.05) is 5.75 Å². The van der Waals surface area contributed by atoms with Gasteiger partial charge in [0.1, 0.15) is 18.4 Å². The monoisotopic (exact) mass is 439 g/mol. The molecule has 154 valence electrons. The molecule has 3 aromatic rings. The molecule has 1 aliphatic heterocycles. The zero-order valence-electron chi connectivity index (χ0n) is 16.3. The standard InChI is InChI=1S/C24H22ClNO3S/c25-20-8-4-7-19(13-20)23-26(22(16-30-23)24(27)28)14-17-9-11-21(12-10-17)29-15-18-5-2-1-3-6-18/h1-13,22-23H,14-16H2,(H,27,28). The van der Waals surface area contributed by atoms with Gasteiger partial charge in [0, 0.05) is 17.3 Å². The van der Waals surface area contributed by atoms with E-state index in [-0.39, 0.29) is 5.37 Å². The first-order valence-electron chi connectivity index (χ1n) is 9.71. The highest BCUT2D eigenvalue weighted by Crippen LogP contribution is 2.42. The summed E-state index contributed by atoms with van der Waals surface area (Å²) in [6.07, 6.45) is 0. The first-order chi connectivity index (χ1) is 14.6. The Morgan fingerprint density at radius 1 is 1.03 bits per heavy atom. The fraction of sp³-hybridized carbons (Fsp3) is 0.208. The minimum atomic E-state index is -0.796. The molecular formula is C24H22ClNO3S. The summed E-state index contributed by atoms with van der Waals surface area (Å²) in [5, 5.41) is 10.3. The number of carboxylic acids is 1. The maximum absolute atomic E-state index is 11.8. The van der Waals surface area contributed by atoms with E-state index in [1.165, 1.54) is 0 Å². The second-order valence-corrected chi connectivity index (χ2v) is 8.73. The molecule has 0 spiro atoms. The zero-order valence-corrected chi connectivity index (χ0v) is 17.9. The Labute approximate surface area is 185 Å². The van der Waals surface area contributed by atoms with E-state index in [0.29, 0.717) is 23.9 Å². The van der Waals surface area contributed by atoms with Crippen LogP contribution in [0.4, 0.5) is 0 Å². The summed E-state index contributed by atoms with van der Waals surface area (Å²) < 4.78 is 5.85. The number of halogens is 1. The smallest absolute Gasteiger partial charge is 0.321 e. The number of hydrogen-bond acceptors (Lipinski definition) is 4. The second kappa shape index (κ2) is 9.56. The van der Waals surface area contributed by atoms with Gasteiger partial charge < -0.3 is 9.84 Å². The average Bonchev–Trinajstić information content (AvgIpc) is 3.18. The number of carbonyl (C=O) groups is 1. The molecular weight excluding hydrogens is 418 g/mol. The van der Waals surface area contributed by atoms with Crippen molar-refractivity contribution in [3.8, 4) is 5.75 Å². The van der Waals surface area contributed by atoms with E-state index in [1.54, 1.807) is 11.8 Å². The number of aliphatic carboxylic acids is 1. The van der Waals surface area contributed by atoms with Gasteiger partial charge in [-0.2, -0.15) is 0 Å². The molecule has 4 rings (SSSR count).